The Kier molecular flexibility index (Phi) is 7.42. The van der Waals surface area contributed by atoms with Crippen molar-refractivity contribution < 1.29 is 24.1 Å². The molecule has 3 aromatic rings. The van der Waals surface area contributed by atoms with Crippen molar-refractivity contribution >= 4 is 11.6 Å². The summed E-state index contributed by atoms with van der Waals surface area (Å²) in [4.78, 5) is 0. The highest BCUT2D eigenvalue weighted by atomic mass is 35.5. The minimum absolute atomic E-state index is 0.216. The number of hydrogen-bond donors (Lipinski definition) is 1. The van der Waals surface area contributed by atoms with Gasteiger partial charge in [-0.2, -0.15) is 0 Å². The normalized spacial score (nSPS) is 25.9. The second-order valence-electron chi connectivity index (χ2n) is 9.25. The molecule has 0 amide bonds. The largest absolute Gasteiger partial charge is 0.494 e. The van der Waals surface area contributed by atoms with Crippen LogP contribution in [0.2, 0.25) is 5.02 Å². The summed E-state index contributed by atoms with van der Waals surface area (Å²) in [6, 6.07) is 24.1. The summed E-state index contributed by atoms with van der Waals surface area (Å²) in [5.74, 6) is 0.861. The minimum Gasteiger partial charge on any atom is -0.494 e. The quantitative estimate of drug-likeness (QED) is 0.447. The number of halogens is 1. The van der Waals surface area contributed by atoms with Crippen LogP contribution in [0.1, 0.15) is 41.7 Å². The van der Waals surface area contributed by atoms with Crippen molar-refractivity contribution in [2.24, 2.45) is 0 Å². The zero-order valence-electron chi connectivity index (χ0n) is 19.9. The monoisotopic (exact) mass is 494 g/mol. The zero-order valence-corrected chi connectivity index (χ0v) is 20.6. The van der Waals surface area contributed by atoms with Gasteiger partial charge in [0.2, 0.25) is 0 Å². The summed E-state index contributed by atoms with van der Waals surface area (Å²) < 4.78 is 23.8. The molecular formula is C29H31ClO5. The van der Waals surface area contributed by atoms with Gasteiger partial charge in [0.25, 0.3) is 0 Å². The number of ether oxygens (including phenoxy) is 4. The first kappa shape index (κ1) is 24.3. The van der Waals surface area contributed by atoms with Gasteiger partial charge in [-0.25, -0.2) is 0 Å². The van der Waals surface area contributed by atoms with E-state index >= 15 is 0 Å². The second kappa shape index (κ2) is 10.7. The van der Waals surface area contributed by atoms with E-state index in [-0.39, 0.29) is 12.7 Å². The number of rotatable bonds is 8. The molecule has 3 aromatic carbocycles. The molecular weight excluding hydrogens is 464 g/mol. The van der Waals surface area contributed by atoms with Crippen molar-refractivity contribution in [2.75, 3.05) is 19.8 Å². The molecule has 0 aromatic heterocycles. The standard InChI is InChI=1S/C29H31ClO5/c1-2-33-24-11-8-20(9-12-24)14-23-15-22(10-13-25(23)30)26-16-27(29(31)19-32-18-28(29)35-26)34-17-21-6-4-3-5-7-21/h3-13,15,26-28,31H,2,14,16-19H2,1H3. The lowest BCUT2D eigenvalue weighted by Gasteiger charge is -2.43. The molecule has 2 aliphatic rings. The highest BCUT2D eigenvalue weighted by molar-refractivity contribution is 6.31. The van der Waals surface area contributed by atoms with Gasteiger partial charge in [0.05, 0.1) is 38.6 Å². The van der Waals surface area contributed by atoms with Crippen LogP contribution in [0.4, 0.5) is 0 Å². The van der Waals surface area contributed by atoms with Gasteiger partial charge in [0.1, 0.15) is 17.5 Å². The van der Waals surface area contributed by atoms with Crippen molar-refractivity contribution in [1.29, 1.82) is 0 Å². The molecule has 2 fully saturated rings. The SMILES string of the molecule is CCOc1ccc(Cc2cc(C3CC(OCc4ccccc4)C4(O)COCC4O3)ccc2Cl)cc1. The minimum atomic E-state index is -1.15. The van der Waals surface area contributed by atoms with Crippen LogP contribution in [0.3, 0.4) is 0 Å². The van der Waals surface area contributed by atoms with Gasteiger partial charge < -0.3 is 24.1 Å². The van der Waals surface area contributed by atoms with Crippen molar-refractivity contribution in [3.8, 4) is 5.75 Å². The summed E-state index contributed by atoms with van der Waals surface area (Å²) in [7, 11) is 0. The first-order chi connectivity index (χ1) is 17.0. The van der Waals surface area contributed by atoms with Gasteiger partial charge >= 0.3 is 0 Å². The van der Waals surface area contributed by atoms with Crippen LogP contribution in [-0.2, 0) is 27.2 Å². The molecule has 5 rings (SSSR count). The van der Waals surface area contributed by atoms with Crippen LogP contribution in [0.5, 0.6) is 5.75 Å². The summed E-state index contributed by atoms with van der Waals surface area (Å²) in [5, 5.41) is 12.1. The summed E-state index contributed by atoms with van der Waals surface area (Å²) in [6.45, 7) is 3.61. The van der Waals surface area contributed by atoms with Gasteiger partial charge in [0.15, 0.2) is 0 Å². The van der Waals surface area contributed by atoms with E-state index in [1.165, 1.54) is 0 Å². The third-order valence-electron chi connectivity index (χ3n) is 6.84. The molecule has 0 radical (unpaired) electrons. The fourth-order valence-corrected chi connectivity index (χ4v) is 5.08. The van der Waals surface area contributed by atoms with E-state index in [2.05, 4.69) is 18.2 Å². The molecule has 6 heteroatoms. The Labute approximate surface area is 211 Å². The molecule has 35 heavy (non-hydrogen) atoms. The predicted octanol–water partition coefficient (Wildman–Crippen LogP) is 5.51. The Balaban J connectivity index is 1.34. The van der Waals surface area contributed by atoms with Crippen molar-refractivity contribution in [1.82, 2.24) is 0 Å². The molecule has 0 aliphatic carbocycles. The molecule has 4 unspecified atom stereocenters. The smallest absolute Gasteiger partial charge is 0.142 e. The van der Waals surface area contributed by atoms with E-state index in [1.807, 2.05) is 61.5 Å². The van der Waals surface area contributed by atoms with E-state index in [4.69, 9.17) is 30.5 Å². The fourth-order valence-electron chi connectivity index (χ4n) is 4.90. The molecule has 0 bridgehead atoms. The molecule has 184 valence electrons. The Bertz CT molecular complexity index is 1120. The van der Waals surface area contributed by atoms with Crippen LogP contribution in [0.25, 0.3) is 0 Å². The third-order valence-corrected chi connectivity index (χ3v) is 7.21. The second-order valence-corrected chi connectivity index (χ2v) is 9.65. The maximum atomic E-state index is 11.4. The summed E-state index contributed by atoms with van der Waals surface area (Å²) in [6.07, 6.45) is 0.175. The summed E-state index contributed by atoms with van der Waals surface area (Å²) in [5.41, 5.74) is 3.13. The lowest BCUT2D eigenvalue weighted by atomic mass is 9.84. The Morgan fingerprint density at radius 2 is 1.83 bits per heavy atom. The van der Waals surface area contributed by atoms with Crippen LogP contribution < -0.4 is 4.74 Å². The average molecular weight is 495 g/mol. The molecule has 1 N–H and O–H groups in total. The topological polar surface area (TPSA) is 57.2 Å². The highest BCUT2D eigenvalue weighted by Crippen LogP contribution is 2.42. The lowest BCUT2D eigenvalue weighted by Crippen LogP contribution is -2.57. The maximum absolute atomic E-state index is 11.4. The summed E-state index contributed by atoms with van der Waals surface area (Å²) >= 11 is 6.57. The van der Waals surface area contributed by atoms with Crippen molar-refractivity contribution in [2.45, 2.75) is 50.3 Å². The van der Waals surface area contributed by atoms with Gasteiger partial charge in [-0.15, -0.1) is 0 Å². The van der Waals surface area contributed by atoms with Crippen LogP contribution in [-0.4, -0.2) is 42.7 Å². The first-order valence-electron chi connectivity index (χ1n) is 12.2. The first-order valence-corrected chi connectivity index (χ1v) is 12.5. The number of fused-ring (bicyclic) bond motifs is 1. The maximum Gasteiger partial charge on any atom is 0.142 e. The van der Waals surface area contributed by atoms with E-state index < -0.39 is 17.8 Å². The molecule has 0 saturated carbocycles. The van der Waals surface area contributed by atoms with Crippen molar-refractivity contribution in [3.05, 3.63) is 100 Å². The number of benzene rings is 3. The lowest BCUT2D eigenvalue weighted by molar-refractivity contribution is -0.225. The number of hydrogen-bond acceptors (Lipinski definition) is 5. The van der Waals surface area contributed by atoms with Gasteiger partial charge in [0, 0.05) is 11.4 Å². The van der Waals surface area contributed by atoms with Crippen LogP contribution in [0.15, 0.2) is 72.8 Å². The van der Waals surface area contributed by atoms with E-state index in [0.29, 0.717) is 32.7 Å². The van der Waals surface area contributed by atoms with E-state index in [0.717, 1.165) is 33.0 Å². The molecule has 2 aliphatic heterocycles. The van der Waals surface area contributed by atoms with E-state index in [1.54, 1.807) is 0 Å². The third kappa shape index (κ3) is 5.40. The van der Waals surface area contributed by atoms with E-state index in [9.17, 15) is 5.11 Å². The van der Waals surface area contributed by atoms with Gasteiger partial charge in [-0.3, -0.25) is 0 Å². The van der Waals surface area contributed by atoms with Crippen molar-refractivity contribution in [3.63, 3.8) is 0 Å². The zero-order chi connectivity index (χ0) is 24.3. The molecule has 0 spiro atoms. The van der Waals surface area contributed by atoms with Crippen LogP contribution >= 0.6 is 11.6 Å². The Morgan fingerprint density at radius 1 is 1.03 bits per heavy atom. The fraction of sp³-hybridized carbons (Fsp3) is 0.379. The highest BCUT2D eigenvalue weighted by Gasteiger charge is 2.55. The van der Waals surface area contributed by atoms with Gasteiger partial charge in [-0.1, -0.05) is 66.2 Å². The molecule has 5 nitrogen and oxygen atoms in total. The Hall–Kier alpha value is -2.41. The average Bonchev–Trinajstić information content (AvgIpc) is 3.27. The predicted molar refractivity (Wildman–Crippen MR) is 135 cm³/mol. The number of aliphatic hydroxyl groups is 1. The Morgan fingerprint density at radius 3 is 2.60 bits per heavy atom. The molecule has 4 atom stereocenters. The molecule has 2 heterocycles. The van der Waals surface area contributed by atoms with Crippen LogP contribution in [0, 0.1) is 0 Å². The molecule has 2 saturated heterocycles. The van der Waals surface area contributed by atoms with Gasteiger partial charge in [-0.05, 0) is 53.8 Å².